The lowest BCUT2D eigenvalue weighted by Crippen LogP contribution is -1.98. The van der Waals surface area contributed by atoms with E-state index in [1.807, 2.05) is 0 Å². The standard InChI is InChI=1S/C5H8O4.CH4O3S/c6-4(7)2-1-3-5(8)9;1-5(2,3)4/h1-3H2,(H,6,7)(H,8,9);1H3,(H,2,3,4). The zero-order valence-electron chi connectivity index (χ0n) is 7.50. The molecule has 84 valence electrons. The van der Waals surface area contributed by atoms with Crippen molar-refractivity contribution in [2.75, 3.05) is 6.26 Å². The second kappa shape index (κ2) is 7.27. The molecule has 14 heavy (non-hydrogen) atoms. The summed E-state index contributed by atoms with van der Waals surface area (Å²) in [4.78, 5) is 19.6. The van der Waals surface area contributed by atoms with E-state index in [1.165, 1.54) is 0 Å². The topological polar surface area (TPSA) is 129 Å². The zero-order valence-corrected chi connectivity index (χ0v) is 8.32. The highest BCUT2D eigenvalue weighted by molar-refractivity contribution is 7.85. The molecule has 0 aliphatic rings. The van der Waals surface area contributed by atoms with Crippen molar-refractivity contribution in [3.8, 4) is 0 Å². The fourth-order valence-electron chi connectivity index (χ4n) is 0.391. The van der Waals surface area contributed by atoms with Gasteiger partial charge in [-0.1, -0.05) is 0 Å². The van der Waals surface area contributed by atoms with Crippen molar-refractivity contribution in [2.45, 2.75) is 19.3 Å². The van der Waals surface area contributed by atoms with Gasteiger partial charge in [0.2, 0.25) is 0 Å². The lowest BCUT2D eigenvalue weighted by molar-refractivity contribution is -0.138. The molecule has 0 fully saturated rings. The van der Waals surface area contributed by atoms with E-state index in [1.54, 1.807) is 0 Å². The Labute approximate surface area is 81.1 Å². The van der Waals surface area contributed by atoms with Gasteiger partial charge >= 0.3 is 11.9 Å². The molecule has 0 spiro atoms. The van der Waals surface area contributed by atoms with E-state index in [0.29, 0.717) is 6.26 Å². The van der Waals surface area contributed by atoms with E-state index in [2.05, 4.69) is 0 Å². The van der Waals surface area contributed by atoms with E-state index in [0.717, 1.165) is 0 Å². The average Bonchev–Trinajstić information content (AvgIpc) is 1.80. The van der Waals surface area contributed by atoms with Gasteiger partial charge in [-0.15, -0.1) is 0 Å². The predicted octanol–water partition coefficient (Wildman–Crippen LogP) is -0.170. The van der Waals surface area contributed by atoms with Gasteiger partial charge in [0.1, 0.15) is 0 Å². The van der Waals surface area contributed by atoms with E-state index in [9.17, 15) is 18.0 Å². The van der Waals surface area contributed by atoms with Gasteiger partial charge in [0.25, 0.3) is 10.1 Å². The molecule has 0 saturated heterocycles. The van der Waals surface area contributed by atoms with Crippen molar-refractivity contribution < 1.29 is 32.8 Å². The molecule has 0 atom stereocenters. The first-order valence-corrected chi connectivity index (χ1v) is 5.34. The summed E-state index contributed by atoms with van der Waals surface area (Å²) in [6.45, 7) is 0. The average molecular weight is 228 g/mol. The third-order valence-corrected chi connectivity index (χ3v) is 0.781. The summed E-state index contributed by atoms with van der Waals surface area (Å²) < 4.78 is 25.9. The summed E-state index contributed by atoms with van der Waals surface area (Å²) in [5.74, 6) is -1.90. The molecule has 0 saturated carbocycles. The Morgan fingerprint density at radius 3 is 1.43 bits per heavy atom. The van der Waals surface area contributed by atoms with Gasteiger partial charge in [0.05, 0.1) is 6.26 Å². The summed E-state index contributed by atoms with van der Waals surface area (Å²) in [7, 11) is -3.67. The first-order valence-electron chi connectivity index (χ1n) is 3.49. The molecule has 0 aromatic rings. The monoisotopic (exact) mass is 228 g/mol. The summed E-state index contributed by atoms with van der Waals surface area (Å²) in [5.41, 5.74) is 0. The number of hydrogen-bond acceptors (Lipinski definition) is 4. The zero-order chi connectivity index (χ0) is 11.8. The van der Waals surface area contributed by atoms with Crippen molar-refractivity contribution >= 4 is 22.1 Å². The number of carboxylic acids is 2. The third-order valence-electron chi connectivity index (χ3n) is 0.781. The maximum atomic E-state index is 9.79. The predicted molar refractivity (Wildman–Crippen MR) is 46.6 cm³/mol. The van der Waals surface area contributed by atoms with Crippen molar-refractivity contribution in [1.82, 2.24) is 0 Å². The minimum absolute atomic E-state index is 0.0632. The Balaban J connectivity index is 0. The third kappa shape index (κ3) is 44.8. The maximum absolute atomic E-state index is 9.79. The Morgan fingerprint density at radius 1 is 1.07 bits per heavy atom. The van der Waals surface area contributed by atoms with Crippen LogP contribution in [-0.2, 0) is 19.7 Å². The summed E-state index contributed by atoms with van der Waals surface area (Å²) >= 11 is 0. The van der Waals surface area contributed by atoms with Crippen LogP contribution in [0, 0.1) is 0 Å². The Bertz CT molecular complexity index is 257. The van der Waals surface area contributed by atoms with Gasteiger partial charge in [-0.05, 0) is 6.42 Å². The summed E-state index contributed by atoms with van der Waals surface area (Å²) in [6, 6.07) is 0. The normalized spacial score (nSPS) is 9.86. The fraction of sp³-hybridized carbons (Fsp3) is 0.667. The molecule has 0 aromatic carbocycles. The number of aliphatic carboxylic acids is 2. The van der Waals surface area contributed by atoms with Crippen LogP contribution in [0.5, 0.6) is 0 Å². The molecule has 0 amide bonds. The van der Waals surface area contributed by atoms with Gasteiger partial charge < -0.3 is 10.2 Å². The largest absolute Gasteiger partial charge is 0.481 e. The Hall–Kier alpha value is -1.15. The van der Waals surface area contributed by atoms with Gasteiger partial charge in [0, 0.05) is 12.8 Å². The van der Waals surface area contributed by atoms with Crippen molar-refractivity contribution in [1.29, 1.82) is 0 Å². The highest BCUT2D eigenvalue weighted by Crippen LogP contribution is 1.93. The van der Waals surface area contributed by atoms with Crippen LogP contribution in [0.4, 0.5) is 0 Å². The number of hydrogen-bond donors (Lipinski definition) is 3. The molecule has 0 radical (unpaired) electrons. The van der Waals surface area contributed by atoms with Crippen LogP contribution in [0.25, 0.3) is 0 Å². The van der Waals surface area contributed by atoms with E-state index >= 15 is 0 Å². The van der Waals surface area contributed by atoms with Crippen LogP contribution >= 0.6 is 0 Å². The van der Waals surface area contributed by atoms with Gasteiger partial charge in [-0.2, -0.15) is 8.42 Å². The molecule has 0 aliphatic heterocycles. The van der Waals surface area contributed by atoms with Crippen LogP contribution in [0.3, 0.4) is 0 Å². The fourth-order valence-corrected chi connectivity index (χ4v) is 0.391. The maximum Gasteiger partial charge on any atom is 0.303 e. The van der Waals surface area contributed by atoms with E-state index in [4.69, 9.17) is 14.8 Å². The van der Waals surface area contributed by atoms with Crippen LogP contribution in [0.15, 0.2) is 0 Å². The molecule has 0 aliphatic carbocycles. The van der Waals surface area contributed by atoms with Gasteiger partial charge in [-0.25, -0.2) is 0 Å². The molecular formula is C6H12O7S. The van der Waals surface area contributed by atoms with Crippen LogP contribution in [0.1, 0.15) is 19.3 Å². The quantitative estimate of drug-likeness (QED) is 0.569. The highest BCUT2D eigenvalue weighted by Gasteiger charge is 1.99. The Morgan fingerprint density at radius 2 is 1.29 bits per heavy atom. The second-order valence-electron chi connectivity index (χ2n) is 2.37. The molecular weight excluding hydrogens is 216 g/mol. The van der Waals surface area contributed by atoms with Gasteiger partial charge in [0.15, 0.2) is 0 Å². The molecule has 7 nitrogen and oxygen atoms in total. The molecule has 0 heterocycles. The summed E-state index contributed by atoms with van der Waals surface area (Å²) in [5, 5.41) is 16.1. The lowest BCUT2D eigenvalue weighted by atomic mass is 10.2. The second-order valence-corrected chi connectivity index (χ2v) is 3.84. The van der Waals surface area contributed by atoms with Crippen LogP contribution < -0.4 is 0 Å². The van der Waals surface area contributed by atoms with E-state index < -0.39 is 22.1 Å². The SMILES string of the molecule is CS(=O)(=O)O.O=C(O)CCCC(=O)O. The number of rotatable bonds is 4. The summed E-state index contributed by atoms with van der Waals surface area (Å²) in [6.07, 6.45) is 0.802. The van der Waals surface area contributed by atoms with Crippen LogP contribution in [0.2, 0.25) is 0 Å². The van der Waals surface area contributed by atoms with E-state index in [-0.39, 0.29) is 19.3 Å². The highest BCUT2D eigenvalue weighted by atomic mass is 32.2. The lowest BCUT2D eigenvalue weighted by Gasteiger charge is -1.89. The van der Waals surface area contributed by atoms with Crippen molar-refractivity contribution in [2.24, 2.45) is 0 Å². The molecule has 0 unspecified atom stereocenters. The smallest absolute Gasteiger partial charge is 0.303 e. The molecule has 3 N–H and O–H groups in total. The van der Waals surface area contributed by atoms with Crippen molar-refractivity contribution in [3.63, 3.8) is 0 Å². The minimum Gasteiger partial charge on any atom is -0.481 e. The Kier molecular flexibility index (Phi) is 7.96. The minimum atomic E-state index is -3.67. The van der Waals surface area contributed by atoms with Crippen molar-refractivity contribution in [3.05, 3.63) is 0 Å². The molecule has 0 bridgehead atoms. The van der Waals surface area contributed by atoms with Crippen LogP contribution in [-0.4, -0.2) is 41.4 Å². The molecule has 8 heteroatoms. The molecule has 0 rings (SSSR count). The first kappa shape index (κ1) is 15.3. The molecule has 0 aromatic heterocycles. The first-order chi connectivity index (χ1) is 6.13. The van der Waals surface area contributed by atoms with Gasteiger partial charge in [-0.3, -0.25) is 14.1 Å². The number of carbonyl (C=O) groups is 2. The number of carboxylic acid groups (broad SMARTS) is 2.